The molecule has 1 aliphatic rings. The van der Waals surface area contributed by atoms with Crippen LogP contribution in [0, 0.1) is 19.3 Å². The van der Waals surface area contributed by atoms with Crippen LogP contribution < -0.4 is 0 Å². The molecule has 1 aliphatic carbocycles. The lowest BCUT2D eigenvalue weighted by atomic mass is 9.69. The highest BCUT2D eigenvalue weighted by Gasteiger charge is 2.38. The number of aryl methyl sites for hydroxylation is 2. The normalized spacial score (nSPS) is 28.1. The van der Waals surface area contributed by atoms with E-state index in [4.69, 9.17) is 11.6 Å². The van der Waals surface area contributed by atoms with Crippen LogP contribution in [0.1, 0.15) is 55.2 Å². The van der Waals surface area contributed by atoms with Crippen molar-refractivity contribution in [3.63, 3.8) is 0 Å². The molecule has 2 unspecified atom stereocenters. The highest BCUT2D eigenvalue weighted by Crippen LogP contribution is 2.45. The minimum Gasteiger partial charge on any atom is -0.281 e. The van der Waals surface area contributed by atoms with E-state index in [2.05, 4.69) is 32.0 Å². The van der Waals surface area contributed by atoms with Crippen LogP contribution in [0.15, 0.2) is 18.2 Å². The molecule has 1 aromatic rings. The molecule has 0 spiro atoms. The predicted molar refractivity (Wildman–Crippen MR) is 76.1 cm³/mol. The van der Waals surface area contributed by atoms with Crippen LogP contribution in [0.5, 0.6) is 0 Å². The summed E-state index contributed by atoms with van der Waals surface area (Å²) in [5.41, 5.74) is 3.70. The van der Waals surface area contributed by atoms with E-state index in [0.717, 1.165) is 19.3 Å². The summed E-state index contributed by atoms with van der Waals surface area (Å²) in [6, 6.07) is 6.61. The third kappa shape index (κ3) is 2.61. The Morgan fingerprint density at radius 3 is 2.72 bits per heavy atom. The van der Waals surface area contributed by atoms with Crippen molar-refractivity contribution in [3.05, 3.63) is 34.9 Å². The van der Waals surface area contributed by atoms with E-state index in [9.17, 15) is 4.79 Å². The van der Waals surface area contributed by atoms with Gasteiger partial charge < -0.3 is 0 Å². The molecular formula is C16H21ClO. The van der Waals surface area contributed by atoms with Crippen LogP contribution in [0.3, 0.4) is 0 Å². The first kappa shape index (κ1) is 13.6. The predicted octanol–water partition coefficient (Wildman–Crippen LogP) is 4.73. The minimum atomic E-state index is -0.332. The SMILES string of the molecule is Cc1ccc(C2CCCC(C)(C(=O)Cl)C2)c(C)c1. The monoisotopic (exact) mass is 264 g/mol. The van der Waals surface area contributed by atoms with E-state index in [0.29, 0.717) is 5.92 Å². The largest absolute Gasteiger partial charge is 0.281 e. The van der Waals surface area contributed by atoms with Gasteiger partial charge in [-0.05, 0) is 61.8 Å². The van der Waals surface area contributed by atoms with Gasteiger partial charge >= 0.3 is 0 Å². The smallest absolute Gasteiger partial charge is 0.227 e. The van der Waals surface area contributed by atoms with E-state index in [1.807, 2.05) is 6.92 Å². The fourth-order valence-corrected chi connectivity index (χ4v) is 3.39. The fourth-order valence-electron chi connectivity index (χ4n) is 3.21. The molecule has 2 atom stereocenters. The van der Waals surface area contributed by atoms with Crippen molar-refractivity contribution in [1.29, 1.82) is 0 Å². The molecule has 2 rings (SSSR count). The summed E-state index contributed by atoms with van der Waals surface area (Å²) in [6.45, 7) is 6.29. The second-order valence-electron chi connectivity index (χ2n) is 5.99. The molecule has 0 N–H and O–H groups in total. The number of hydrogen-bond donors (Lipinski definition) is 0. The first-order valence-corrected chi connectivity index (χ1v) is 7.07. The van der Waals surface area contributed by atoms with Crippen LogP contribution >= 0.6 is 11.6 Å². The Balaban J connectivity index is 2.26. The molecule has 0 aliphatic heterocycles. The third-order valence-corrected chi connectivity index (χ3v) is 4.77. The molecule has 1 aromatic carbocycles. The fraction of sp³-hybridized carbons (Fsp3) is 0.562. The quantitative estimate of drug-likeness (QED) is 0.706. The van der Waals surface area contributed by atoms with Crippen molar-refractivity contribution < 1.29 is 4.79 Å². The van der Waals surface area contributed by atoms with Crippen molar-refractivity contribution in [3.8, 4) is 0 Å². The maximum Gasteiger partial charge on any atom is 0.227 e. The lowest BCUT2D eigenvalue weighted by molar-refractivity contribution is -0.121. The Bertz CT molecular complexity index is 466. The van der Waals surface area contributed by atoms with E-state index in [1.165, 1.54) is 23.1 Å². The van der Waals surface area contributed by atoms with Gasteiger partial charge in [0, 0.05) is 5.41 Å². The molecule has 1 saturated carbocycles. The molecule has 18 heavy (non-hydrogen) atoms. The van der Waals surface area contributed by atoms with Crippen LogP contribution in [-0.2, 0) is 4.79 Å². The van der Waals surface area contributed by atoms with Crippen molar-refractivity contribution in [1.82, 2.24) is 0 Å². The molecule has 0 bridgehead atoms. The molecule has 0 amide bonds. The Kier molecular flexibility index (Phi) is 3.82. The van der Waals surface area contributed by atoms with Crippen molar-refractivity contribution in [2.75, 3.05) is 0 Å². The van der Waals surface area contributed by atoms with Gasteiger partial charge in [0.15, 0.2) is 0 Å². The van der Waals surface area contributed by atoms with Crippen molar-refractivity contribution in [2.45, 2.75) is 52.4 Å². The number of rotatable bonds is 2. The summed E-state index contributed by atoms with van der Waals surface area (Å²) in [5.74, 6) is 0.479. The first-order valence-electron chi connectivity index (χ1n) is 6.69. The standard InChI is InChI=1S/C16H21ClO/c1-11-6-7-14(12(2)9-11)13-5-4-8-16(3,10-13)15(17)18/h6-7,9,13H,4-5,8,10H2,1-3H3. The Labute approximate surface area is 115 Å². The Hall–Kier alpha value is -0.820. The van der Waals surface area contributed by atoms with Gasteiger partial charge in [-0.25, -0.2) is 0 Å². The number of benzene rings is 1. The van der Waals surface area contributed by atoms with Gasteiger partial charge in [-0.1, -0.05) is 37.1 Å². The van der Waals surface area contributed by atoms with Gasteiger partial charge in [0.25, 0.3) is 0 Å². The minimum absolute atomic E-state index is 0.169. The van der Waals surface area contributed by atoms with E-state index >= 15 is 0 Å². The first-order chi connectivity index (χ1) is 8.42. The molecule has 0 aromatic heterocycles. The third-order valence-electron chi connectivity index (χ3n) is 4.32. The zero-order valence-electron chi connectivity index (χ0n) is 11.4. The summed E-state index contributed by atoms with van der Waals surface area (Å²) in [4.78, 5) is 11.6. The van der Waals surface area contributed by atoms with Gasteiger partial charge in [-0.15, -0.1) is 0 Å². The van der Waals surface area contributed by atoms with Gasteiger partial charge in [-0.2, -0.15) is 0 Å². The topological polar surface area (TPSA) is 17.1 Å². The maximum atomic E-state index is 11.6. The van der Waals surface area contributed by atoms with Crippen LogP contribution in [-0.4, -0.2) is 5.24 Å². The lowest BCUT2D eigenvalue weighted by Gasteiger charge is -2.36. The average molecular weight is 265 g/mol. The van der Waals surface area contributed by atoms with Gasteiger partial charge in [0.05, 0.1) is 0 Å². The van der Waals surface area contributed by atoms with Gasteiger partial charge in [-0.3, -0.25) is 4.79 Å². The number of hydrogen-bond acceptors (Lipinski definition) is 1. The summed E-state index contributed by atoms with van der Waals surface area (Å²) in [5, 5.41) is -0.169. The van der Waals surface area contributed by atoms with Gasteiger partial charge in [0.1, 0.15) is 0 Å². The van der Waals surface area contributed by atoms with E-state index < -0.39 is 0 Å². The molecule has 98 valence electrons. The summed E-state index contributed by atoms with van der Waals surface area (Å²) in [6.07, 6.45) is 4.08. The number of halogens is 1. The molecule has 2 heteroatoms. The zero-order chi connectivity index (χ0) is 13.3. The number of carbonyl (C=O) groups is 1. The lowest BCUT2D eigenvalue weighted by Crippen LogP contribution is -2.30. The van der Waals surface area contributed by atoms with E-state index in [-0.39, 0.29) is 10.7 Å². The highest BCUT2D eigenvalue weighted by molar-refractivity contribution is 6.64. The molecule has 1 nitrogen and oxygen atoms in total. The van der Waals surface area contributed by atoms with E-state index in [1.54, 1.807) is 0 Å². The zero-order valence-corrected chi connectivity index (χ0v) is 12.2. The Morgan fingerprint density at radius 1 is 1.39 bits per heavy atom. The summed E-state index contributed by atoms with van der Waals surface area (Å²) >= 11 is 5.78. The second kappa shape index (κ2) is 5.05. The average Bonchev–Trinajstić information content (AvgIpc) is 2.28. The Morgan fingerprint density at radius 2 is 2.11 bits per heavy atom. The highest BCUT2D eigenvalue weighted by atomic mass is 35.5. The maximum absolute atomic E-state index is 11.6. The molecule has 0 saturated heterocycles. The molecular weight excluding hydrogens is 244 g/mol. The van der Waals surface area contributed by atoms with Crippen molar-refractivity contribution in [2.24, 2.45) is 5.41 Å². The molecule has 0 radical (unpaired) electrons. The number of carbonyl (C=O) groups excluding carboxylic acids is 1. The molecule has 0 heterocycles. The van der Waals surface area contributed by atoms with Gasteiger partial charge in [0.2, 0.25) is 5.24 Å². The second-order valence-corrected chi connectivity index (χ2v) is 6.33. The molecule has 1 fully saturated rings. The van der Waals surface area contributed by atoms with Crippen LogP contribution in [0.25, 0.3) is 0 Å². The summed E-state index contributed by atoms with van der Waals surface area (Å²) in [7, 11) is 0. The van der Waals surface area contributed by atoms with Crippen LogP contribution in [0.2, 0.25) is 0 Å². The van der Waals surface area contributed by atoms with Crippen molar-refractivity contribution >= 4 is 16.8 Å². The summed E-state index contributed by atoms with van der Waals surface area (Å²) < 4.78 is 0. The van der Waals surface area contributed by atoms with Crippen LogP contribution in [0.4, 0.5) is 0 Å².